The van der Waals surface area contributed by atoms with Crippen LogP contribution in [0.2, 0.25) is 0 Å². The van der Waals surface area contributed by atoms with Crippen molar-refractivity contribution in [2.24, 2.45) is 0 Å². The van der Waals surface area contributed by atoms with Crippen LogP contribution in [-0.4, -0.2) is 35.1 Å². The Hall–Kier alpha value is -2.50. The number of para-hydroxylation sites is 1. The standard InChI is InChI=1S/C13H14N2O4/c1-18-10-6-4-3-5-9(10)8-15-12(13(16)17)11(19-2)7-14-15/h3-7H,8H2,1-2H3,(H,16,17). The first-order valence-electron chi connectivity index (χ1n) is 5.62. The fourth-order valence-electron chi connectivity index (χ4n) is 1.85. The number of methoxy groups -OCH3 is 2. The van der Waals surface area contributed by atoms with E-state index < -0.39 is 5.97 Å². The molecule has 0 saturated carbocycles. The third-order valence-electron chi connectivity index (χ3n) is 2.74. The highest BCUT2D eigenvalue weighted by molar-refractivity contribution is 5.88. The van der Waals surface area contributed by atoms with E-state index in [-0.39, 0.29) is 11.4 Å². The Kier molecular flexibility index (Phi) is 3.70. The Bertz CT molecular complexity index is 592. The van der Waals surface area contributed by atoms with E-state index in [0.717, 1.165) is 5.56 Å². The molecule has 0 aliphatic rings. The van der Waals surface area contributed by atoms with Gasteiger partial charge < -0.3 is 14.6 Å². The minimum absolute atomic E-state index is 0.0217. The van der Waals surface area contributed by atoms with Crippen molar-refractivity contribution in [3.05, 3.63) is 41.7 Å². The molecule has 19 heavy (non-hydrogen) atoms. The number of aromatic carboxylic acids is 1. The Balaban J connectivity index is 2.38. The third-order valence-corrected chi connectivity index (χ3v) is 2.74. The van der Waals surface area contributed by atoms with Gasteiger partial charge in [0.2, 0.25) is 0 Å². The highest BCUT2D eigenvalue weighted by Crippen LogP contribution is 2.22. The van der Waals surface area contributed by atoms with Crippen LogP contribution in [0.5, 0.6) is 11.5 Å². The number of rotatable bonds is 5. The van der Waals surface area contributed by atoms with Crippen molar-refractivity contribution in [3.63, 3.8) is 0 Å². The second-order valence-electron chi connectivity index (χ2n) is 3.84. The summed E-state index contributed by atoms with van der Waals surface area (Å²) in [5.74, 6) is -0.153. The number of carboxylic acid groups (broad SMARTS) is 1. The lowest BCUT2D eigenvalue weighted by Crippen LogP contribution is -2.12. The van der Waals surface area contributed by atoms with E-state index in [9.17, 15) is 9.90 Å². The van der Waals surface area contributed by atoms with Crippen LogP contribution >= 0.6 is 0 Å². The van der Waals surface area contributed by atoms with E-state index in [2.05, 4.69) is 5.10 Å². The minimum Gasteiger partial charge on any atom is -0.496 e. The largest absolute Gasteiger partial charge is 0.496 e. The van der Waals surface area contributed by atoms with Crippen LogP contribution < -0.4 is 9.47 Å². The molecule has 0 aliphatic carbocycles. The van der Waals surface area contributed by atoms with Gasteiger partial charge in [-0.15, -0.1) is 0 Å². The van der Waals surface area contributed by atoms with Gasteiger partial charge in [0.25, 0.3) is 0 Å². The first-order chi connectivity index (χ1) is 9.17. The van der Waals surface area contributed by atoms with Crippen molar-refractivity contribution >= 4 is 5.97 Å². The summed E-state index contributed by atoms with van der Waals surface area (Å²) in [6.45, 7) is 0.301. The number of carbonyl (C=O) groups is 1. The first-order valence-corrected chi connectivity index (χ1v) is 5.62. The van der Waals surface area contributed by atoms with Crippen LogP contribution in [0.15, 0.2) is 30.5 Å². The van der Waals surface area contributed by atoms with E-state index in [1.165, 1.54) is 18.0 Å². The lowest BCUT2D eigenvalue weighted by atomic mass is 10.2. The van der Waals surface area contributed by atoms with Gasteiger partial charge in [-0.1, -0.05) is 18.2 Å². The minimum atomic E-state index is -1.08. The topological polar surface area (TPSA) is 73.6 Å². The average molecular weight is 262 g/mol. The molecule has 1 aromatic heterocycles. The Labute approximate surface area is 110 Å². The van der Waals surface area contributed by atoms with E-state index in [1.54, 1.807) is 7.11 Å². The quantitative estimate of drug-likeness (QED) is 0.886. The van der Waals surface area contributed by atoms with Crippen LogP contribution in [-0.2, 0) is 6.54 Å². The maximum absolute atomic E-state index is 11.2. The molecule has 0 amide bonds. The van der Waals surface area contributed by atoms with Gasteiger partial charge >= 0.3 is 5.97 Å². The van der Waals surface area contributed by atoms with Gasteiger partial charge in [-0.3, -0.25) is 4.68 Å². The Morgan fingerprint density at radius 2 is 1.95 bits per heavy atom. The number of ether oxygens (including phenoxy) is 2. The molecule has 1 heterocycles. The molecule has 6 heteroatoms. The molecule has 0 aliphatic heterocycles. The van der Waals surface area contributed by atoms with Crippen molar-refractivity contribution in [1.29, 1.82) is 0 Å². The summed E-state index contributed by atoms with van der Waals surface area (Å²) in [7, 11) is 2.98. The smallest absolute Gasteiger partial charge is 0.358 e. The molecule has 2 aromatic rings. The summed E-state index contributed by atoms with van der Waals surface area (Å²) in [5, 5.41) is 13.2. The maximum Gasteiger partial charge on any atom is 0.358 e. The van der Waals surface area contributed by atoms with Gasteiger partial charge in [-0.25, -0.2) is 4.79 Å². The summed E-state index contributed by atoms with van der Waals surface area (Å²) >= 11 is 0. The van der Waals surface area contributed by atoms with Crippen molar-refractivity contribution in [1.82, 2.24) is 9.78 Å². The zero-order chi connectivity index (χ0) is 13.8. The maximum atomic E-state index is 11.2. The average Bonchev–Trinajstić information content (AvgIpc) is 2.82. The van der Waals surface area contributed by atoms with Crippen LogP contribution in [0.4, 0.5) is 0 Å². The van der Waals surface area contributed by atoms with Gasteiger partial charge in [-0.05, 0) is 6.07 Å². The number of nitrogens with zero attached hydrogens (tertiary/aromatic N) is 2. The molecule has 1 aromatic carbocycles. The fraction of sp³-hybridized carbons (Fsp3) is 0.231. The van der Waals surface area contributed by atoms with Crippen molar-refractivity contribution in [3.8, 4) is 11.5 Å². The molecule has 6 nitrogen and oxygen atoms in total. The molecule has 0 saturated heterocycles. The number of benzene rings is 1. The van der Waals surface area contributed by atoms with Crippen molar-refractivity contribution in [2.45, 2.75) is 6.54 Å². The highest BCUT2D eigenvalue weighted by atomic mass is 16.5. The lowest BCUT2D eigenvalue weighted by molar-refractivity contribution is 0.0680. The predicted molar refractivity (Wildman–Crippen MR) is 67.8 cm³/mol. The molecule has 1 N–H and O–H groups in total. The zero-order valence-electron chi connectivity index (χ0n) is 10.7. The van der Waals surface area contributed by atoms with Crippen LogP contribution in [0, 0.1) is 0 Å². The van der Waals surface area contributed by atoms with Crippen LogP contribution in [0.3, 0.4) is 0 Å². The zero-order valence-corrected chi connectivity index (χ0v) is 10.7. The molecule has 100 valence electrons. The van der Waals surface area contributed by atoms with Gasteiger partial charge in [0, 0.05) is 5.56 Å². The molecular formula is C13H14N2O4. The molecule has 0 spiro atoms. The van der Waals surface area contributed by atoms with Crippen LogP contribution in [0.25, 0.3) is 0 Å². The van der Waals surface area contributed by atoms with Gasteiger partial charge in [0.1, 0.15) is 5.75 Å². The second kappa shape index (κ2) is 5.43. The number of carboxylic acids is 1. The first kappa shape index (κ1) is 12.9. The van der Waals surface area contributed by atoms with E-state index in [1.807, 2.05) is 24.3 Å². The molecule has 0 unspecified atom stereocenters. The molecule has 0 fully saturated rings. The SMILES string of the molecule is COc1ccccc1Cn1ncc(OC)c1C(=O)O. The lowest BCUT2D eigenvalue weighted by Gasteiger charge is -2.09. The van der Waals surface area contributed by atoms with Crippen LogP contribution in [0.1, 0.15) is 16.1 Å². The monoisotopic (exact) mass is 262 g/mol. The molecule has 0 bridgehead atoms. The number of hydrogen-bond donors (Lipinski definition) is 1. The molecule has 2 rings (SSSR count). The van der Waals surface area contributed by atoms with Gasteiger partial charge in [0.15, 0.2) is 11.4 Å². The Morgan fingerprint density at radius 1 is 1.26 bits per heavy atom. The van der Waals surface area contributed by atoms with E-state index in [4.69, 9.17) is 9.47 Å². The van der Waals surface area contributed by atoms with Crippen molar-refractivity contribution in [2.75, 3.05) is 14.2 Å². The van der Waals surface area contributed by atoms with Gasteiger partial charge in [0.05, 0.1) is 27.0 Å². The third kappa shape index (κ3) is 2.52. The highest BCUT2D eigenvalue weighted by Gasteiger charge is 2.19. The predicted octanol–water partition coefficient (Wildman–Crippen LogP) is 1.65. The van der Waals surface area contributed by atoms with E-state index >= 15 is 0 Å². The molecule has 0 radical (unpaired) electrons. The second-order valence-corrected chi connectivity index (χ2v) is 3.84. The molecule has 0 atom stereocenters. The Morgan fingerprint density at radius 3 is 2.58 bits per heavy atom. The fourth-order valence-corrected chi connectivity index (χ4v) is 1.85. The molecular weight excluding hydrogens is 248 g/mol. The summed E-state index contributed by atoms with van der Waals surface area (Å²) in [6.07, 6.45) is 1.39. The summed E-state index contributed by atoms with van der Waals surface area (Å²) < 4.78 is 11.6. The van der Waals surface area contributed by atoms with Gasteiger partial charge in [-0.2, -0.15) is 5.10 Å². The normalized spacial score (nSPS) is 10.2. The summed E-state index contributed by atoms with van der Waals surface area (Å²) in [6, 6.07) is 7.39. The summed E-state index contributed by atoms with van der Waals surface area (Å²) in [4.78, 5) is 11.2. The van der Waals surface area contributed by atoms with E-state index in [0.29, 0.717) is 12.3 Å². The van der Waals surface area contributed by atoms with Crippen molar-refractivity contribution < 1.29 is 19.4 Å². The number of hydrogen-bond acceptors (Lipinski definition) is 4. The number of aromatic nitrogens is 2. The summed E-state index contributed by atoms with van der Waals surface area (Å²) in [5.41, 5.74) is 0.867.